The molecule has 2 aromatic rings. The molecule has 0 bridgehead atoms. The van der Waals surface area contributed by atoms with Crippen LogP contribution in [0.2, 0.25) is 0 Å². The van der Waals surface area contributed by atoms with Gasteiger partial charge < -0.3 is 15.2 Å². The molecule has 0 aliphatic heterocycles. The van der Waals surface area contributed by atoms with E-state index >= 15 is 0 Å². The number of aliphatic hydroxyl groups excluding tert-OH is 1. The first kappa shape index (κ1) is 19.8. The lowest BCUT2D eigenvalue weighted by molar-refractivity contribution is 0.0462. The number of aryl methyl sites for hydroxylation is 2. The smallest absolute Gasteiger partial charge is 0.174 e. The van der Waals surface area contributed by atoms with Gasteiger partial charge >= 0.3 is 0 Å². The van der Waals surface area contributed by atoms with Crippen molar-refractivity contribution in [2.45, 2.75) is 50.9 Å². The van der Waals surface area contributed by atoms with Crippen molar-refractivity contribution in [2.75, 3.05) is 6.54 Å². The standard InChI is InChI=1S/C19H23NO3S2.ClH/c1-11-9-13-16(25-11)7-4-12(18(13)21)10-20-14-5-6-15(19(14)22)23-17-3-2-8-24-17;/h2-3,8-9,12,14-15,19-20,22H,4-7,10H2,1H3;1H. The fourth-order valence-corrected chi connectivity index (χ4v) is 5.56. The number of carbonyl (C=O) groups is 1. The van der Waals surface area contributed by atoms with E-state index in [0.717, 1.165) is 36.3 Å². The highest BCUT2D eigenvalue weighted by molar-refractivity contribution is 7.12. The Bertz CT molecular complexity index is 746. The van der Waals surface area contributed by atoms with Gasteiger partial charge in [0.25, 0.3) is 0 Å². The van der Waals surface area contributed by atoms with Crippen LogP contribution in [0.5, 0.6) is 5.06 Å². The lowest BCUT2D eigenvalue weighted by Crippen LogP contribution is -2.44. The molecule has 1 fully saturated rings. The van der Waals surface area contributed by atoms with Crippen LogP contribution < -0.4 is 10.1 Å². The van der Waals surface area contributed by atoms with Gasteiger partial charge in [-0.05, 0) is 56.2 Å². The van der Waals surface area contributed by atoms with Crippen LogP contribution in [-0.4, -0.2) is 35.7 Å². The van der Waals surface area contributed by atoms with Crippen molar-refractivity contribution in [1.29, 1.82) is 0 Å². The number of aliphatic hydroxyl groups is 1. The highest BCUT2D eigenvalue weighted by Crippen LogP contribution is 2.32. The molecule has 2 aliphatic carbocycles. The summed E-state index contributed by atoms with van der Waals surface area (Å²) in [6, 6.07) is 5.92. The van der Waals surface area contributed by atoms with E-state index in [9.17, 15) is 9.90 Å². The van der Waals surface area contributed by atoms with E-state index in [1.165, 1.54) is 9.75 Å². The molecule has 1 saturated carbocycles. The van der Waals surface area contributed by atoms with Crippen LogP contribution >= 0.6 is 35.1 Å². The molecule has 2 aliphatic rings. The van der Waals surface area contributed by atoms with Crippen LogP contribution in [0, 0.1) is 12.8 Å². The minimum atomic E-state index is -0.528. The van der Waals surface area contributed by atoms with Crippen molar-refractivity contribution in [3.63, 3.8) is 0 Å². The first-order valence-electron chi connectivity index (χ1n) is 8.87. The number of hydrogen-bond donors (Lipinski definition) is 2. The van der Waals surface area contributed by atoms with Crippen molar-refractivity contribution >= 4 is 40.9 Å². The van der Waals surface area contributed by atoms with E-state index in [0.29, 0.717) is 6.54 Å². The molecule has 0 saturated heterocycles. The molecule has 2 heterocycles. The number of Topliss-reactive ketones (excluding diaryl/α,β-unsaturated/α-hetero) is 1. The molecule has 7 heteroatoms. The van der Waals surface area contributed by atoms with Crippen LogP contribution in [0.3, 0.4) is 0 Å². The second-order valence-electron chi connectivity index (χ2n) is 6.96. The molecule has 4 atom stereocenters. The van der Waals surface area contributed by atoms with Crippen molar-refractivity contribution in [3.05, 3.63) is 38.9 Å². The Hall–Kier alpha value is -0.920. The van der Waals surface area contributed by atoms with Gasteiger partial charge in [0.15, 0.2) is 10.8 Å². The van der Waals surface area contributed by atoms with Gasteiger partial charge in [0, 0.05) is 33.8 Å². The number of thiophene rings is 2. The first-order valence-corrected chi connectivity index (χ1v) is 10.6. The highest BCUT2D eigenvalue weighted by atomic mass is 35.5. The third kappa shape index (κ3) is 3.99. The Kier molecular flexibility index (Phi) is 6.41. The zero-order valence-corrected chi connectivity index (χ0v) is 17.1. The minimum Gasteiger partial charge on any atom is -0.478 e. The molecular weight excluding hydrogens is 390 g/mol. The Labute approximate surface area is 168 Å². The SMILES string of the molecule is Cc1cc2c(s1)CCC(CNC1CCC(Oc3cccs3)C1O)C2=O.Cl. The normalized spacial score (nSPS) is 27.8. The topological polar surface area (TPSA) is 58.6 Å². The monoisotopic (exact) mass is 413 g/mol. The van der Waals surface area contributed by atoms with E-state index < -0.39 is 6.10 Å². The molecular formula is C19H24ClNO3S2. The molecule has 4 nitrogen and oxygen atoms in total. The van der Waals surface area contributed by atoms with Crippen molar-refractivity contribution in [1.82, 2.24) is 5.32 Å². The third-order valence-electron chi connectivity index (χ3n) is 5.23. The van der Waals surface area contributed by atoms with Crippen LogP contribution in [0.25, 0.3) is 0 Å². The van der Waals surface area contributed by atoms with Crippen molar-refractivity contribution in [3.8, 4) is 5.06 Å². The number of ketones is 1. The van der Waals surface area contributed by atoms with Gasteiger partial charge in [-0.15, -0.1) is 35.1 Å². The van der Waals surface area contributed by atoms with Crippen LogP contribution in [0.1, 0.15) is 39.4 Å². The average molecular weight is 414 g/mol. The lowest BCUT2D eigenvalue weighted by Gasteiger charge is -2.25. The molecule has 0 radical (unpaired) electrons. The Morgan fingerprint density at radius 1 is 1.35 bits per heavy atom. The molecule has 4 unspecified atom stereocenters. The largest absolute Gasteiger partial charge is 0.478 e. The summed E-state index contributed by atoms with van der Waals surface area (Å²) < 4.78 is 5.88. The van der Waals surface area contributed by atoms with Gasteiger partial charge in [-0.3, -0.25) is 4.79 Å². The summed E-state index contributed by atoms with van der Waals surface area (Å²) in [4.78, 5) is 15.1. The number of carbonyl (C=O) groups excluding carboxylic acids is 1. The van der Waals surface area contributed by atoms with E-state index in [2.05, 4.69) is 12.2 Å². The number of rotatable bonds is 5. The third-order valence-corrected chi connectivity index (χ3v) is 7.10. The zero-order chi connectivity index (χ0) is 17.4. The van der Waals surface area contributed by atoms with Gasteiger partial charge in [0.1, 0.15) is 12.2 Å². The number of fused-ring (bicyclic) bond motifs is 1. The molecule has 142 valence electrons. The predicted molar refractivity (Wildman–Crippen MR) is 108 cm³/mol. The number of halogens is 1. The van der Waals surface area contributed by atoms with Gasteiger partial charge in [-0.2, -0.15) is 0 Å². The van der Waals surface area contributed by atoms with E-state index in [-0.39, 0.29) is 36.3 Å². The quantitative estimate of drug-likeness (QED) is 0.781. The minimum absolute atomic E-state index is 0. The van der Waals surface area contributed by atoms with Crippen LogP contribution in [-0.2, 0) is 6.42 Å². The van der Waals surface area contributed by atoms with Crippen LogP contribution in [0.15, 0.2) is 23.6 Å². The summed E-state index contributed by atoms with van der Waals surface area (Å²) in [5, 5.41) is 16.8. The van der Waals surface area contributed by atoms with E-state index in [1.807, 2.05) is 23.6 Å². The fraction of sp³-hybridized carbons (Fsp3) is 0.526. The Morgan fingerprint density at radius 3 is 2.96 bits per heavy atom. The summed E-state index contributed by atoms with van der Waals surface area (Å²) in [6.45, 7) is 2.70. The first-order chi connectivity index (χ1) is 12.1. The molecule has 0 spiro atoms. The second kappa shape index (κ2) is 8.40. The predicted octanol–water partition coefficient (Wildman–Crippen LogP) is 3.85. The summed E-state index contributed by atoms with van der Waals surface area (Å²) in [5.74, 6) is 0.280. The summed E-state index contributed by atoms with van der Waals surface area (Å²) in [7, 11) is 0. The maximum absolute atomic E-state index is 12.7. The fourth-order valence-electron chi connectivity index (χ4n) is 3.88. The van der Waals surface area contributed by atoms with E-state index in [1.54, 1.807) is 22.7 Å². The number of hydrogen-bond acceptors (Lipinski definition) is 6. The van der Waals surface area contributed by atoms with Gasteiger partial charge in [0.05, 0.1) is 0 Å². The van der Waals surface area contributed by atoms with Crippen molar-refractivity contribution in [2.24, 2.45) is 5.92 Å². The molecule has 2 N–H and O–H groups in total. The number of nitrogens with one attached hydrogen (secondary N) is 1. The molecule has 2 aromatic heterocycles. The average Bonchev–Trinajstić information content (AvgIpc) is 3.30. The molecule has 0 amide bonds. The van der Waals surface area contributed by atoms with Crippen molar-refractivity contribution < 1.29 is 14.6 Å². The number of ether oxygens (including phenoxy) is 1. The maximum Gasteiger partial charge on any atom is 0.174 e. The van der Waals surface area contributed by atoms with Gasteiger partial charge in [-0.1, -0.05) is 0 Å². The molecule has 26 heavy (non-hydrogen) atoms. The second-order valence-corrected chi connectivity index (χ2v) is 9.22. The molecule has 4 rings (SSSR count). The summed E-state index contributed by atoms with van der Waals surface area (Å²) in [6.07, 6.45) is 2.91. The molecule has 0 aromatic carbocycles. The van der Waals surface area contributed by atoms with Gasteiger partial charge in [-0.25, -0.2) is 0 Å². The highest BCUT2D eigenvalue weighted by Gasteiger charge is 2.37. The van der Waals surface area contributed by atoms with Crippen LogP contribution in [0.4, 0.5) is 0 Å². The zero-order valence-electron chi connectivity index (χ0n) is 14.6. The van der Waals surface area contributed by atoms with E-state index in [4.69, 9.17) is 4.74 Å². The lowest BCUT2D eigenvalue weighted by atomic mass is 9.87. The van der Waals surface area contributed by atoms with Gasteiger partial charge in [0.2, 0.25) is 0 Å². The Morgan fingerprint density at radius 2 is 2.19 bits per heavy atom. The summed E-state index contributed by atoms with van der Waals surface area (Å²) in [5.41, 5.74) is 0.923. The summed E-state index contributed by atoms with van der Waals surface area (Å²) >= 11 is 3.29. The Balaban J connectivity index is 0.00000196. The maximum atomic E-state index is 12.7.